The van der Waals surface area contributed by atoms with Crippen molar-refractivity contribution in [2.24, 2.45) is 0 Å². The number of fused-ring (bicyclic) bond motifs is 9. The van der Waals surface area contributed by atoms with Crippen LogP contribution in [0.5, 0.6) is 0 Å². The van der Waals surface area contributed by atoms with E-state index in [1.54, 1.807) is 0 Å². The fourth-order valence-corrected chi connectivity index (χ4v) is 9.36. The summed E-state index contributed by atoms with van der Waals surface area (Å²) in [4.78, 5) is 15.7. The minimum absolute atomic E-state index is 0.548. The second-order valence-corrected chi connectivity index (χ2v) is 15.9. The van der Waals surface area contributed by atoms with Crippen LogP contribution in [0.15, 0.2) is 209 Å². The summed E-state index contributed by atoms with van der Waals surface area (Å²) in [5.74, 6) is 1.72. The zero-order valence-corrected chi connectivity index (χ0v) is 33.2. The molecule has 13 aromatic rings. The summed E-state index contributed by atoms with van der Waals surface area (Å²) in [5.41, 5.74) is 10.3. The van der Waals surface area contributed by atoms with Crippen molar-refractivity contribution in [1.82, 2.24) is 15.0 Å². The lowest BCUT2D eigenvalue weighted by molar-refractivity contribution is 0.669. The smallest absolute Gasteiger partial charge is 0.167 e. The van der Waals surface area contributed by atoms with Gasteiger partial charge in [-0.25, -0.2) is 15.0 Å². The molecular weight excluding hydrogens is 759 g/mol. The zero-order valence-electron chi connectivity index (χ0n) is 33.2. The largest absolute Gasteiger partial charge is 0.455 e. The van der Waals surface area contributed by atoms with Gasteiger partial charge in [0.1, 0.15) is 22.3 Å². The molecule has 5 nitrogen and oxygen atoms in total. The van der Waals surface area contributed by atoms with E-state index in [1.165, 1.54) is 10.8 Å². The monoisotopic (exact) mass is 791 g/mol. The normalized spacial score (nSPS) is 11.9. The molecule has 0 saturated carbocycles. The van der Waals surface area contributed by atoms with Crippen LogP contribution in [0.4, 0.5) is 0 Å². The van der Waals surface area contributed by atoms with Crippen LogP contribution in [0.2, 0.25) is 0 Å². The van der Waals surface area contributed by atoms with Crippen LogP contribution in [0.25, 0.3) is 133 Å². The van der Waals surface area contributed by atoms with Crippen LogP contribution in [-0.4, -0.2) is 15.0 Å². The Bertz CT molecular complexity index is 3950. The van der Waals surface area contributed by atoms with E-state index in [9.17, 15) is 0 Å². The summed E-state index contributed by atoms with van der Waals surface area (Å²) in [6.07, 6.45) is 0. The van der Waals surface area contributed by atoms with Gasteiger partial charge in [0, 0.05) is 38.2 Å². The molecule has 13 rings (SSSR count). The van der Waals surface area contributed by atoms with Crippen molar-refractivity contribution in [3.8, 4) is 56.4 Å². The lowest BCUT2D eigenvalue weighted by atomic mass is 9.90. The van der Waals surface area contributed by atoms with E-state index in [-0.39, 0.29) is 0 Å². The molecule has 288 valence electrons. The summed E-state index contributed by atoms with van der Waals surface area (Å²) >= 11 is 0. The van der Waals surface area contributed by atoms with Gasteiger partial charge < -0.3 is 8.83 Å². The third-order valence-electron chi connectivity index (χ3n) is 12.3. The van der Waals surface area contributed by atoms with Gasteiger partial charge in [0.15, 0.2) is 17.5 Å². The van der Waals surface area contributed by atoms with Gasteiger partial charge in [-0.3, -0.25) is 0 Å². The number of furan rings is 2. The molecule has 3 heterocycles. The van der Waals surface area contributed by atoms with E-state index in [1.807, 2.05) is 30.3 Å². The quantitative estimate of drug-likeness (QED) is 0.174. The van der Waals surface area contributed by atoms with Crippen LogP contribution >= 0.6 is 0 Å². The number of aromatic nitrogens is 3. The zero-order chi connectivity index (χ0) is 40.7. The van der Waals surface area contributed by atoms with Gasteiger partial charge in [0.2, 0.25) is 0 Å². The molecule has 10 aromatic carbocycles. The second kappa shape index (κ2) is 13.6. The fraction of sp³-hybridized carbons (Fsp3) is 0. The molecule has 0 saturated heterocycles. The first kappa shape index (κ1) is 34.5. The SMILES string of the molecule is c1ccc2cc(-c3nc(-c4ccc(-c5ccc(-c6ccc7ccccc7c6)c6oc7ccccc7c56)c5ccccc45)nc(-c4cccc5c4oc4ccccc45)n3)ccc2c1. The maximum atomic E-state index is 6.77. The van der Waals surface area contributed by atoms with Gasteiger partial charge in [-0.2, -0.15) is 0 Å². The first-order valence-electron chi connectivity index (χ1n) is 20.8. The van der Waals surface area contributed by atoms with Crippen molar-refractivity contribution in [1.29, 1.82) is 0 Å². The lowest BCUT2D eigenvalue weighted by Gasteiger charge is -2.15. The van der Waals surface area contributed by atoms with Crippen molar-refractivity contribution in [3.05, 3.63) is 200 Å². The molecule has 0 bridgehead atoms. The van der Waals surface area contributed by atoms with E-state index >= 15 is 0 Å². The molecule has 0 aliphatic heterocycles. The number of para-hydroxylation sites is 3. The number of hydrogen-bond acceptors (Lipinski definition) is 5. The summed E-state index contributed by atoms with van der Waals surface area (Å²) in [6.45, 7) is 0. The summed E-state index contributed by atoms with van der Waals surface area (Å²) in [6, 6.07) is 69.9. The summed E-state index contributed by atoms with van der Waals surface area (Å²) < 4.78 is 13.3. The highest BCUT2D eigenvalue weighted by molar-refractivity contribution is 6.19. The van der Waals surface area contributed by atoms with Crippen molar-refractivity contribution in [2.75, 3.05) is 0 Å². The Morgan fingerprint density at radius 3 is 1.53 bits per heavy atom. The van der Waals surface area contributed by atoms with Crippen molar-refractivity contribution in [3.63, 3.8) is 0 Å². The van der Waals surface area contributed by atoms with Crippen molar-refractivity contribution >= 4 is 76.2 Å². The van der Waals surface area contributed by atoms with Crippen molar-refractivity contribution in [2.45, 2.75) is 0 Å². The molecule has 0 spiro atoms. The van der Waals surface area contributed by atoms with E-state index in [4.69, 9.17) is 23.8 Å². The summed E-state index contributed by atoms with van der Waals surface area (Å²) in [5, 5.41) is 11.0. The predicted octanol–water partition coefficient (Wildman–Crippen LogP) is 15.5. The van der Waals surface area contributed by atoms with E-state index < -0.39 is 0 Å². The Kier molecular flexibility index (Phi) is 7.54. The highest BCUT2D eigenvalue weighted by Gasteiger charge is 2.22. The van der Waals surface area contributed by atoms with Crippen LogP contribution < -0.4 is 0 Å². The van der Waals surface area contributed by atoms with E-state index in [0.29, 0.717) is 17.5 Å². The highest BCUT2D eigenvalue weighted by atomic mass is 16.3. The molecule has 5 heteroatoms. The third-order valence-corrected chi connectivity index (χ3v) is 12.3. The van der Waals surface area contributed by atoms with Crippen LogP contribution in [0.3, 0.4) is 0 Å². The standard InChI is InChI=1S/C57H33N3O2/c1-3-14-36-32-38(26-24-34(36)12-1)40-28-30-45(52-48-19-8-10-23-51(48)62-54(40)52)43-29-31-47(42-17-6-5-16-41(42)43)56-58-55(39-27-25-35-13-2-4-15-37(35)33-39)59-57(60-56)49-21-11-20-46-44-18-7-9-22-50(44)61-53(46)49/h1-33H. The molecule has 0 radical (unpaired) electrons. The molecule has 0 aliphatic carbocycles. The average Bonchev–Trinajstić information content (AvgIpc) is 3.92. The molecule has 0 fully saturated rings. The van der Waals surface area contributed by atoms with Gasteiger partial charge in [0.05, 0.1) is 5.56 Å². The van der Waals surface area contributed by atoms with E-state index in [0.717, 1.165) is 104 Å². The van der Waals surface area contributed by atoms with Crippen LogP contribution in [-0.2, 0) is 0 Å². The molecular formula is C57H33N3O2. The molecule has 0 aliphatic rings. The highest BCUT2D eigenvalue weighted by Crippen LogP contribution is 2.45. The molecule has 62 heavy (non-hydrogen) atoms. The average molecular weight is 792 g/mol. The molecule has 0 amide bonds. The van der Waals surface area contributed by atoms with E-state index in [2.05, 4.69) is 170 Å². The molecule has 0 atom stereocenters. The minimum Gasteiger partial charge on any atom is -0.455 e. The second-order valence-electron chi connectivity index (χ2n) is 15.9. The maximum Gasteiger partial charge on any atom is 0.167 e. The first-order valence-corrected chi connectivity index (χ1v) is 20.8. The lowest BCUT2D eigenvalue weighted by Crippen LogP contribution is -2.01. The van der Waals surface area contributed by atoms with Crippen molar-refractivity contribution < 1.29 is 8.83 Å². The van der Waals surface area contributed by atoms with Gasteiger partial charge in [0.25, 0.3) is 0 Å². The predicted molar refractivity (Wildman–Crippen MR) is 254 cm³/mol. The number of nitrogens with zero attached hydrogens (tertiary/aromatic N) is 3. The van der Waals surface area contributed by atoms with Gasteiger partial charge in [-0.05, 0) is 91.5 Å². The molecule has 0 N–H and O–H groups in total. The topological polar surface area (TPSA) is 65.0 Å². The maximum absolute atomic E-state index is 6.77. The Hall–Kier alpha value is -8.41. The fourth-order valence-electron chi connectivity index (χ4n) is 9.36. The molecule has 3 aromatic heterocycles. The minimum atomic E-state index is 0.548. The van der Waals surface area contributed by atoms with Gasteiger partial charge in [-0.15, -0.1) is 0 Å². The Morgan fingerprint density at radius 1 is 0.274 bits per heavy atom. The van der Waals surface area contributed by atoms with Gasteiger partial charge >= 0.3 is 0 Å². The number of rotatable bonds is 5. The Morgan fingerprint density at radius 2 is 0.774 bits per heavy atom. The summed E-state index contributed by atoms with van der Waals surface area (Å²) in [7, 11) is 0. The van der Waals surface area contributed by atoms with Gasteiger partial charge in [-0.1, -0.05) is 158 Å². The van der Waals surface area contributed by atoms with Crippen LogP contribution in [0.1, 0.15) is 0 Å². The third kappa shape index (κ3) is 5.38. The molecule has 0 unspecified atom stereocenters. The van der Waals surface area contributed by atoms with Crippen LogP contribution in [0, 0.1) is 0 Å². The number of hydrogen-bond donors (Lipinski definition) is 0. The number of benzene rings is 10. The Labute approximate surface area is 355 Å². The Balaban J connectivity index is 1.03. The first-order chi connectivity index (χ1) is 30.7.